The third-order valence-electron chi connectivity index (χ3n) is 3.51. The molecule has 1 N–H and O–H groups in total. The minimum atomic E-state index is 0.136. The van der Waals surface area contributed by atoms with Crippen LogP contribution in [0.3, 0.4) is 0 Å². The highest BCUT2D eigenvalue weighted by Crippen LogP contribution is 2.22. The van der Waals surface area contributed by atoms with Gasteiger partial charge in [0.25, 0.3) is 0 Å². The van der Waals surface area contributed by atoms with Gasteiger partial charge in [-0.3, -0.25) is 4.90 Å². The largest absolute Gasteiger partial charge is 0.395 e. The van der Waals surface area contributed by atoms with Gasteiger partial charge >= 0.3 is 0 Å². The molecule has 0 radical (unpaired) electrons. The van der Waals surface area contributed by atoms with Gasteiger partial charge in [-0.25, -0.2) is 0 Å². The molecule has 1 aliphatic heterocycles. The van der Waals surface area contributed by atoms with Gasteiger partial charge in [-0.1, -0.05) is 30.9 Å². The molecule has 2 rings (SSSR count). The van der Waals surface area contributed by atoms with Crippen molar-refractivity contribution in [1.82, 2.24) is 4.90 Å². The summed E-state index contributed by atoms with van der Waals surface area (Å²) in [6, 6.07) is 8.50. The van der Waals surface area contributed by atoms with E-state index in [4.69, 9.17) is 5.11 Å². The number of aliphatic hydroxyl groups excluding tert-OH is 1. The lowest BCUT2D eigenvalue weighted by atomic mass is 10.1. The first kappa shape index (κ1) is 15.4. The Morgan fingerprint density at radius 1 is 1.35 bits per heavy atom. The topological polar surface area (TPSA) is 23.5 Å². The molecule has 1 atom stereocenters. The Bertz CT molecular complexity index is 460. The van der Waals surface area contributed by atoms with Gasteiger partial charge in [0, 0.05) is 42.6 Å². The Hall–Kier alpha value is -0.950. The van der Waals surface area contributed by atoms with E-state index in [0.717, 1.165) is 17.4 Å². The number of rotatable bonds is 4. The number of benzene rings is 1. The molecule has 1 aromatic rings. The average Bonchev–Trinajstić information content (AvgIpc) is 2.49. The minimum absolute atomic E-state index is 0.136. The fraction of sp³-hybridized carbons (Fsp3) is 0.529. The smallest absolute Gasteiger partial charge is 0.0540 e. The standard InChI is InChI=1S/C17H23NOS/c1-2-17-14-18(10-12-20-17)13-16-8-6-15(7-9-16)5-3-4-11-19/h6-9,17,19H,2,4,10-14H2,1H3. The van der Waals surface area contributed by atoms with Crippen molar-refractivity contribution >= 4 is 11.8 Å². The van der Waals surface area contributed by atoms with Gasteiger partial charge < -0.3 is 5.11 Å². The number of thioether (sulfide) groups is 1. The second kappa shape index (κ2) is 8.36. The predicted octanol–water partition coefficient (Wildman–Crippen LogP) is 2.75. The van der Waals surface area contributed by atoms with Crippen LogP contribution >= 0.6 is 11.8 Å². The summed E-state index contributed by atoms with van der Waals surface area (Å²) in [4.78, 5) is 2.55. The molecule has 0 amide bonds. The highest BCUT2D eigenvalue weighted by Gasteiger charge is 2.18. The van der Waals surface area contributed by atoms with Crippen molar-refractivity contribution in [2.75, 3.05) is 25.4 Å². The van der Waals surface area contributed by atoms with Gasteiger partial charge in [-0.05, 0) is 24.1 Å². The van der Waals surface area contributed by atoms with E-state index in [1.165, 1.54) is 30.8 Å². The first-order valence-electron chi connectivity index (χ1n) is 7.34. The van der Waals surface area contributed by atoms with Gasteiger partial charge in [-0.2, -0.15) is 11.8 Å². The maximum absolute atomic E-state index is 8.70. The van der Waals surface area contributed by atoms with Crippen LogP contribution in [0.1, 0.15) is 30.9 Å². The van der Waals surface area contributed by atoms with Crippen LogP contribution in [-0.2, 0) is 6.54 Å². The van der Waals surface area contributed by atoms with E-state index in [1.54, 1.807) is 0 Å². The lowest BCUT2D eigenvalue weighted by Crippen LogP contribution is -2.36. The van der Waals surface area contributed by atoms with Crippen LogP contribution in [0.15, 0.2) is 24.3 Å². The molecule has 20 heavy (non-hydrogen) atoms. The molecule has 0 aromatic heterocycles. The van der Waals surface area contributed by atoms with Crippen LogP contribution in [0.2, 0.25) is 0 Å². The molecule has 1 unspecified atom stereocenters. The Morgan fingerprint density at radius 2 is 2.15 bits per heavy atom. The molecule has 0 bridgehead atoms. The highest BCUT2D eigenvalue weighted by molar-refractivity contribution is 8.00. The third kappa shape index (κ3) is 4.86. The van der Waals surface area contributed by atoms with E-state index < -0.39 is 0 Å². The zero-order valence-corrected chi connectivity index (χ0v) is 13.0. The number of nitrogens with zero attached hydrogens (tertiary/aromatic N) is 1. The molecular weight excluding hydrogens is 266 g/mol. The van der Waals surface area contributed by atoms with Crippen molar-refractivity contribution in [2.24, 2.45) is 0 Å². The van der Waals surface area contributed by atoms with Gasteiger partial charge in [0.2, 0.25) is 0 Å². The van der Waals surface area contributed by atoms with E-state index in [0.29, 0.717) is 6.42 Å². The Morgan fingerprint density at radius 3 is 2.85 bits per heavy atom. The van der Waals surface area contributed by atoms with Crippen molar-refractivity contribution in [3.05, 3.63) is 35.4 Å². The number of hydrogen-bond acceptors (Lipinski definition) is 3. The predicted molar refractivity (Wildman–Crippen MR) is 86.8 cm³/mol. The summed E-state index contributed by atoms with van der Waals surface area (Å²) in [5, 5.41) is 9.50. The fourth-order valence-corrected chi connectivity index (χ4v) is 3.59. The number of aliphatic hydroxyl groups is 1. The van der Waals surface area contributed by atoms with Gasteiger partial charge in [0.1, 0.15) is 0 Å². The monoisotopic (exact) mass is 289 g/mol. The van der Waals surface area contributed by atoms with Crippen LogP contribution in [-0.4, -0.2) is 40.7 Å². The maximum Gasteiger partial charge on any atom is 0.0540 e. The SMILES string of the molecule is CCC1CN(Cc2ccc(C#CCCO)cc2)CCS1. The molecule has 1 saturated heterocycles. The lowest BCUT2D eigenvalue weighted by Gasteiger charge is -2.31. The summed E-state index contributed by atoms with van der Waals surface area (Å²) in [6.07, 6.45) is 1.81. The van der Waals surface area contributed by atoms with Crippen molar-refractivity contribution in [1.29, 1.82) is 0 Å². The lowest BCUT2D eigenvalue weighted by molar-refractivity contribution is 0.273. The molecule has 108 valence electrons. The normalized spacial score (nSPS) is 19.4. The van der Waals surface area contributed by atoms with Crippen LogP contribution in [0, 0.1) is 11.8 Å². The molecule has 1 aliphatic rings. The zero-order valence-electron chi connectivity index (χ0n) is 12.1. The van der Waals surface area contributed by atoms with Crippen molar-refractivity contribution < 1.29 is 5.11 Å². The Kier molecular flexibility index (Phi) is 6.46. The summed E-state index contributed by atoms with van der Waals surface area (Å²) < 4.78 is 0. The Balaban J connectivity index is 1.89. The fourth-order valence-electron chi connectivity index (χ4n) is 2.34. The molecule has 3 heteroatoms. The van der Waals surface area contributed by atoms with E-state index in [9.17, 15) is 0 Å². The van der Waals surface area contributed by atoms with E-state index >= 15 is 0 Å². The summed E-state index contributed by atoms with van der Waals surface area (Å²) in [7, 11) is 0. The van der Waals surface area contributed by atoms with Crippen LogP contribution in [0.5, 0.6) is 0 Å². The average molecular weight is 289 g/mol. The van der Waals surface area contributed by atoms with Crippen molar-refractivity contribution in [3.8, 4) is 11.8 Å². The van der Waals surface area contributed by atoms with E-state index in [2.05, 4.69) is 59.7 Å². The Labute approximate surface area is 126 Å². The van der Waals surface area contributed by atoms with Crippen LogP contribution in [0.25, 0.3) is 0 Å². The molecule has 1 aromatic carbocycles. The summed E-state index contributed by atoms with van der Waals surface area (Å²) >= 11 is 2.11. The molecule has 1 heterocycles. The maximum atomic E-state index is 8.70. The first-order valence-corrected chi connectivity index (χ1v) is 8.39. The first-order chi connectivity index (χ1) is 9.81. The zero-order chi connectivity index (χ0) is 14.2. The van der Waals surface area contributed by atoms with Crippen molar-refractivity contribution in [2.45, 2.75) is 31.6 Å². The van der Waals surface area contributed by atoms with Gasteiger partial charge in [-0.15, -0.1) is 0 Å². The van der Waals surface area contributed by atoms with Crippen LogP contribution in [0.4, 0.5) is 0 Å². The summed E-state index contributed by atoms with van der Waals surface area (Å²) in [5.74, 6) is 7.27. The number of hydrogen-bond donors (Lipinski definition) is 1. The molecule has 0 saturated carbocycles. The molecule has 1 fully saturated rings. The van der Waals surface area contributed by atoms with Gasteiger partial charge in [0.15, 0.2) is 0 Å². The molecule has 0 aliphatic carbocycles. The molecule has 2 nitrogen and oxygen atoms in total. The second-order valence-corrected chi connectivity index (χ2v) is 6.52. The van der Waals surface area contributed by atoms with Gasteiger partial charge in [0.05, 0.1) is 6.61 Å². The van der Waals surface area contributed by atoms with E-state index in [-0.39, 0.29) is 6.61 Å². The van der Waals surface area contributed by atoms with E-state index in [1.807, 2.05) is 0 Å². The molecular formula is C17H23NOS. The summed E-state index contributed by atoms with van der Waals surface area (Å²) in [5.41, 5.74) is 2.39. The second-order valence-electron chi connectivity index (χ2n) is 5.11. The minimum Gasteiger partial charge on any atom is -0.395 e. The highest BCUT2D eigenvalue weighted by atomic mass is 32.2. The van der Waals surface area contributed by atoms with Crippen molar-refractivity contribution in [3.63, 3.8) is 0 Å². The van der Waals surface area contributed by atoms with Crippen LogP contribution < -0.4 is 0 Å². The third-order valence-corrected chi connectivity index (χ3v) is 4.88. The quantitative estimate of drug-likeness (QED) is 0.862. The molecule has 0 spiro atoms. The summed E-state index contributed by atoms with van der Waals surface area (Å²) in [6.45, 7) is 5.86.